The second-order valence-electron chi connectivity index (χ2n) is 6.34. The van der Waals surface area contributed by atoms with E-state index in [1.807, 2.05) is 36.4 Å². The average Bonchev–Trinajstić information content (AvgIpc) is 2.96. The summed E-state index contributed by atoms with van der Waals surface area (Å²) in [6.07, 6.45) is 0.744. The molecule has 2 heterocycles. The molecule has 2 aromatic carbocycles. The van der Waals surface area contributed by atoms with Gasteiger partial charge in [-0.3, -0.25) is 4.79 Å². The lowest BCUT2D eigenvalue weighted by Gasteiger charge is -2.36. The summed E-state index contributed by atoms with van der Waals surface area (Å²) in [5.41, 5.74) is 3.56. The third kappa shape index (κ3) is 2.19. The average molecular weight is 324 g/mol. The molecular formula is C19H20N2O3. The fourth-order valence-corrected chi connectivity index (χ4v) is 3.48. The van der Waals surface area contributed by atoms with Crippen LogP contribution in [0.2, 0.25) is 0 Å². The Kier molecular flexibility index (Phi) is 3.37. The van der Waals surface area contributed by atoms with Gasteiger partial charge < -0.3 is 19.7 Å². The maximum Gasteiger partial charge on any atom is 0.257 e. The highest BCUT2D eigenvalue weighted by atomic mass is 16.5. The Labute approximate surface area is 141 Å². The SMILES string of the molecule is COc1cc2c(cc1C1Nc3ccccc3C(=O)N1C)OC(C)C2. The van der Waals surface area contributed by atoms with Crippen LogP contribution in [0.1, 0.15) is 34.6 Å². The zero-order valence-corrected chi connectivity index (χ0v) is 14.0. The van der Waals surface area contributed by atoms with E-state index in [0.29, 0.717) is 5.56 Å². The van der Waals surface area contributed by atoms with Gasteiger partial charge in [-0.1, -0.05) is 12.1 Å². The Bertz CT molecular complexity index is 818. The van der Waals surface area contributed by atoms with Crippen LogP contribution in [-0.4, -0.2) is 31.1 Å². The van der Waals surface area contributed by atoms with E-state index >= 15 is 0 Å². The number of anilines is 1. The predicted molar refractivity (Wildman–Crippen MR) is 91.7 cm³/mol. The van der Waals surface area contributed by atoms with Gasteiger partial charge in [-0.05, 0) is 31.2 Å². The molecule has 5 heteroatoms. The van der Waals surface area contributed by atoms with Crippen molar-refractivity contribution in [1.29, 1.82) is 0 Å². The van der Waals surface area contributed by atoms with Gasteiger partial charge in [0.05, 0.1) is 12.7 Å². The molecule has 0 aromatic heterocycles. The van der Waals surface area contributed by atoms with Gasteiger partial charge in [-0.25, -0.2) is 0 Å². The van der Waals surface area contributed by atoms with Gasteiger partial charge in [0.2, 0.25) is 0 Å². The van der Waals surface area contributed by atoms with E-state index < -0.39 is 0 Å². The Morgan fingerprint density at radius 2 is 2.08 bits per heavy atom. The number of fused-ring (bicyclic) bond motifs is 2. The molecule has 1 N–H and O–H groups in total. The van der Waals surface area contributed by atoms with Crippen molar-refractivity contribution in [2.75, 3.05) is 19.5 Å². The lowest BCUT2D eigenvalue weighted by Crippen LogP contribution is -2.40. The summed E-state index contributed by atoms with van der Waals surface area (Å²) in [6.45, 7) is 2.05. The molecular weight excluding hydrogens is 304 g/mol. The number of hydrogen-bond donors (Lipinski definition) is 1. The fourth-order valence-electron chi connectivity index (χ4n) is 3.48. The maximum atomic E-state index is 12.7. The van der Waals surface area contributed by atoms with Gasteiger partial charge in [-0.15, -0.1) is 0 Å². The molecule has 0 fully saturated rings. The van der Waals surface area contributed by atoms with Gasteiger partial charge in [0.25, 0.3) is 5.91 Å². The van der Waals surface area contributed by atoms with Crippen molar-refractivity contribution in [1.82, 2.24) is 4.90 Å². The third-order valence-corrected chi connectivity index (χ3v) is 4.70. The summed E-state index contributed by atoms with van der Waals surface area (Å²) in [4.78, 5) is 14.4. The van der Waals surface area contributed by atoms with E-state index in [2.05, 4.69) is 12.2 Å². The highest BCUT2D eigenvalue weighted by molar-refractivity contribution is 6.01. The minimum Gasteiger partial charge on any atom is -0.496 e. The molecule has 24 heavy (non-hydrogen) atoms. The zero-order chi connectivity index (χ0) is 16.8. The molecule has 2 atom stereocenters. The summed E-state index contributed by atoms with van der Waals surface area (Å²) >= 11 is 0. The molecule has 124 valence electrons. The van der Waals surface area contributed by atoms with Crippen molar-refractivity contribution in [3.05, 3.63) is 53.1 Å². The molecule has 2 aromatic rings. The number of hydrogen-bond acceptors (Lipinski definition) is 4. The molecule has 5 nitrogen and oxygen atoms in total. The van der Waals surface area contributed by atoms with E-state index in [4.69, 9.17) is 9.47 Å². The van der Waals surface area contributed by atoms with Crippen LogP contribution >= 0.6 is 0 Å². The van der Waals surface area contributed by atoms with Crippen molar-refractivity contribution < 1.29 is 14.3 Å². The van der Waals surface area contributed by atoms with Crippen molar-refractivity contribution in [2.45, 2.75) is 25.6 Å². The van der Waals surface area contributed by atoms with Crippen molar-refractivity contribution in [3.8, 4) is 11.5 Å². The molecule has 0 radical (unpaired) electrons. The molecule has 1 amide bonds. The number of para-hydroxylation sites is 1. The van der Waals surface area contributed by atoms with E-state index in [-0.39, 0.29) is 18.2 Å². The quantitative estimate of drug-likeness (QED) is 0.921. The van der Waals surface area contributed by atoms with Gasteiger partial charge in [0.15, 0.2) is 0 Å². The minimum atomic E-state index is -0.299. The van der Waals surface area contributed by atoms with Crippen molar-refractivity contribution >= 4 is 11.6 Å². The van der Waals surface area contributed by atoms with Crippen molar-refractivity contribution in [2.24, 2.45) is 0 Å². The number of rotatable bonds is 2. The number of carbonyl (C=O) groups is 1. The summed E-state index contributed by atoms with van der Waals surface area (Å²) < 4.78 is 11.5. The van der Waals surface area contributed by atoms with Crippen LogP contribution in [0.15, 0.2) is 36.4 Å². The zero-order valence-electron chi connectivity index (χ0n) is 14.0. The smallest absolute Gasteiger partial charge is 0.257 e. The number of ether oxygens (including phenoxy) is 2. The number of benzene rings is 2. The lowest BCUT2D eigenvalue weighted by molar-refractivity contribution is 0.0733. The Hall–Kier alpha value is -2.69. The summed E-state index contributed by atoms with van der Waals surface area (Å²) in [5, 5.41) is 3.44. The fraction of sp³-hybridized carbons (Fsp3) is 0.316. The van der Waals surface area contributed by atoms with Crippen LogP contribution in [0.3, 0.4) is 0 Å². The number of nitrogens with one attached hydrogen (secondary N) is 1. The van der Waals surface area contributed by atoms with Gasteiger partial charge in [0.1, 0.15) is 23.8 Å². The van der Waals surface area contributed by atoms with Gasteiger partial charge in [-0.2, -0.15) is 0 Å². The first-order valence-corrected chi connectivity index (χ1v) is 8.08. The van der Waals surface area contributed by atoms with E-state index in [0.717, 1.165) is 34.7 Å². The number of nitrogens with zero attached hydrogens (tertiary/aromatic N) is 1. The first-order valence-electron chi connectivity index (χ1n) is 8.08. The highest BCUT2D eigenvalue weighted by Crippen LogP contribution is 2.41. The molecule has 0 saturated carbocycles. The molecule has 4 rings (SSSR count). The normalized spacial score (nSPS) is 21.6. The monoisotopic (exact) mass is 324 g/mol. The molecule has 2 aliphatic rings. The van der Waals surface area contributed by atoms with Gasteiger partial charge in [0, 0.05) is 30.3 Å². The number of amides is 1. The summed E-state index contributed by atoms with van der Waals surface area (Å²) in [5.74, 6) is 1.63. The Morgan fingerprint density at radius 1 is 1.29 bits per heavy atom. The summed E-state index contributed by atoms with van der Waals surface area (Å²) in [6, 6.07) is 11.6. The van der Waals surface area contributed by atoms with Crippen LogP contribution < -0.4 is 14.8 Å². The van der Waals surface area contributed by atoms with Crippen LogP contribution in [0.4, 0.5) is 5.69 Å². The highest BCUT2D eigenvalue weighted by Gasteiger charge is 2.33. The topological polar surface area (TPSA) is 50.8 Å². The van der Waals surface area contributed by atoms with Crippen LogP contribution in [0, 0.1) is 0 Å². The first kappa shape index (κ1) is 14.9. The van der Waals surface area contributed by atoms with E-state index in [9.17, 15) is 4.79 Å². The van der Waals surface area contributed by atoms with Crippen LogP contribution in [0.25, 0.3) is 0 Å². The number of methoxy groups -OCH3 is 1. The van der Waals surface area contributed by atoms with E-state index in [1.165, 1.54) is 0 Å². The molecule has 0 aliphatic carbocycles. The lowest BCUT2D eigenvalue weighted by atomic mass is 10.0. The second-order valence-corrected chi connectivity index (χ2v) is 6.34. The number of carbonyl (C=O) groups excluding carboxylic acids is 1. The molecule has 0 saturated heterocycles. The maximum absolute atomic E-state index is 12.7. The minimum absolute atomic E-state index is 0.00816. The van der Waals surface area contributed by atoms with Crippen LogP contribution in [-0.2, 0) is 6.42 Å². The molecule has 0 spiro atoms. The Morgan fingerprint density at radius 3 is 2.88 bits per heavy atom. The Balaban J connectivity index is 1.79. The molecule has 2 aliphatic heterocycles. The van der Waals surface area contributed by atoms with Crippen LogP contribution in [0.5, 0.6) is 11.5 Å². The largest absolute Gasteiger partial charge is 0.496 e. The molecule has 0 bridgehead atoms. The standard InChI is InChI=1S/C19H20N2O3/c1-11-8-12-9-17(23-3)14(10-16(12)24-11)18-20-15-7-5-4-6-13(15)19(22)21(18)2/h4-7,9-11,18,20H,8H2,1-3H3. The molecule has 2 unspecified atom stereocenters. The van der Waals surface area contributed by atoms with Gasteiger partial charge >= 0.3 is 0 Å². The predicted octanol–water partition coefficient (Wildman–Crippen LogP) is 3.21. The van der Waals surface area contributed by atoms with Crippen molar-refractivity contribution in [3.63, 3.8) is 0 Å². The first-order chi connectivity index (χ1) is 11.6. The summed E-state index contributed by atoms with van der Waals surface area (Å²) in [7, 11) is 3.45. The second kappa shape index (κ2) is 5.44. The third-order valence-electron chi connectivity index (χ3n) is 4.70. The van der Waals surface area contributed by atoms with E-state index in [1.54, 1.807) is 19.1 Å².